The number of thioether (sulfide) groups is 1. The highest BCUT2D eigenvalue weighted by Crippen LogP contribution is 2.12. The van der Waals surface area contributed by atoms with Gasteiger partial charge in [0.25, 0.3) is 0 Å². The quantitative estimate of drug-likeness (QED) is 0.487. The maximum atomic E-state index is 10.3. The summed E-state index contributed by atoms with van der Waals surface area (Å²) in [6, 6.07) is 0. The Morgan fingerprint density at radius 2 is 1.41 bits per heavy atom. The molecule has 17 heavy (non-hydrogen) atoms. The molecule has 0 fully saturated rings. The standard InChI is InChI=1S/C14H28O2S/c1-2-3-4-5-6-7-8-9-10-12-17-13-11-14(15)16/h2-13H2,1H3,(H,15,16). The normalized spacial score (nSPS) is 10.6. The average molecular weight is 260 g/mol. The van der Waals surface area contributed by atoms with Crippen molar-refractivity contribution in [2.24, 2.45) is 0 Å². The minimum absolute atomic E-state index is 0.308. The van der Waals surface area contributed by atoms with Crippen LogP contribution in [0, 0.1) is 0 Å². The lowest BCUT2D eigenvalue weighted by molar-refractivity contribution is -0.136. The Labute approximate surface area is 111 Å². The van der Waals surface area contributed by atoms with Crippen molar-refractivity contribution >= 4 is 17.7 Å². The van der Waals surface area contributed by atoms with E-state index in [4.69, 9.17) is 5.11 Å². The Morgan fingerprint density at radius 3 is 1.94 bits per heavy atom. The molecule has 0 aliphatic heterocycles. The van der Waals surface area contributed by atoms with E-state index in [0.29, 0.717) is 6.42 Å². The first-order valence-electron chi connectivity index (χ1n) is 7.07. The van der Waals surface area contributed by atoms with E-state index in [9.17, 15) is 4.79 Å². The molecule has 0 spiro atoms. The molecule has 0 aliphatic rings. The molecular weight excluding hydrogens is 232 g/mol. The molecule has 2 nitrogen and oxygen atoms in total. The fourth-order valence-electron chi connectivity index (χ4n) is 1.78. The molecule has 0 aromatic rings. The summed E-state index contributed by atoms with van der Waals surface area (Å²) in [5.74, 6) is 1.22. The van der Waals surface area contributed by atoms with Gasteiger partial charge < -0.3 is 5.11 Å². The van der Waals surface area contributed by atoms with Gasteiger partial charge in [-0.2, -0.15) is 11.8 Å². The van der Waals surface area contributed by atoms with Gasteiger partial charge in [-0.05, 0) is 12.2 Å². The molecule has 0 bridgehead atoms. The van der Waals surface area contributed by atoms with Gasteiger partial charge in [0, 0.05) is 5.75 Å². The minimum atomic E-state index is -0.676. The summed E-state index contributed by atoms with van der Waals surface area (Å²) >= 11 is 1.78. The van der Waals surface area contributed by atoms with Crippen LogP contribution in [0.25, 0.3) is 0 Å². The Bertz CT molecular complexity index is 172. The van der Waals surface area contributed by atoms with Crippen LogP contribution in [0.1, 0.15) is 71.1 Å². The van der Waals surface area contributed by atoms with Gasteiger partial charge in [-0.1, -0.05) is 58.3 Å². The number of hydrogen-bond acceptors (Lipinski definition) is 2. The molecule has 0 aliphatic carbocycles. The van der Waals surface area contributed by atoms with Crippen LogP contribution in [0.2, 0.25) is 0 Å². The van der Waals surface area contributed by atoms with Crippen LogP contribution in [0.5, 0.6) is 0 Å². The fourth-order valence-corrected chi connectivity index (χ4v) is 2.71. The Kier molecular flexibility index (Phi) is 13.7. The molecule has 0 aromatic heterocycles. The summed E-state index contributed by atoms with van der Waals surface area (Å²) in [5.41, 5.74) is 0. The molecule has 0 radical (unpaired) electrons. The average Bonchev–Trinajstić information content (AvgIpc) is 2.30. The summed E-state index contributed by atoms with van der Waals surface area (Å²) in [4.78, 5) is 10.3. The number of unbranched alkanes of at least 4 members (excludes halogenated alkanes) is 8. The zero-order chi connectivity index (χ0) is 12.8. The Hall–Kier alpha value is -0.180. The van der Waals surface area contributed by atoms with E-state index in [0.717, 1.165) is 11.5 Å². The topological polar surface area (TPSA) is 37.3 Å². The number of carboxylic acid groups (broad SMARTS) is 1. The largest absolute Gasteiger partial charge is 0.481 e. The second kappa shape index (κ2) is 13.9. The van der Waals surface area contributed by atoms with Gasteiger partial charge in [0.05, 0.1) is 6.42 Å². The van der Waals surface area contributed by atoms with E-state index in [1.165, 1.54) is 57.8 Å². The molecule has 0 saturated heterocycles. The van der Waals surface area contributed by atoms with Crippen molar-refractivity contribution in [3.8, 4) is 0 Å². The molecule has 0 heterocycles. The number of carboxylic acids is 1. The van der Waals surface area contributed by atoms with Crippen LogP contribution < -0.4 is 0 Å². The summed E-state index contributed by atoms with van der Waals surface area (Å²) in [6.45, 7) is 2.25. The van der Waals surface area contributed by atoms with Gasteiger partial charge in [0.15, 0.2) is 0 Å². The highest BCUT2D eigenvalue weighted by molar-refractivity contribution is 7.99. The Balaban J connectivity index is 2.91. The second-order valence-electron chi connectivity index (χ2n) is 4.58. The second-order valence-corrected chi connectivity index (χ2v) is 5.81. The number of hydrogen-bond donors (Lipinski definition) is 1. The summed E-state index contributed by atoms with van der Waals surface area (Å²) in [6.07, 6.45) is 12.5. The predicted octanol–water partition coefficient (Wildman–Crippen LogP) is 4.73. The van der Waals surface area contributed by atoms with Crippen molar-refractivity contribution in [2.45, 2.75) is 71.1 Å². The minimum Gasteiger partial charge on any atom is -0.481 e. The lowest BCUT2D eigenvalue weighted by Crippen LogP contribution is -1.96. The van der Waals surface area contributed by atoms with E-state index < -0.39 is 5.97 Å². The number of rotatable bonds is 13. The van der Waals surface area contributed by atoms with E-state index in [2.05, 4.69) is 6.92 Å². The van der Waals surface area contributed by atoms with Crippen LogP contribution >= 0.6 is 11.8 Å². The van der Waals surface area contributed by atoms with E-state index in [-0.39, 0.29) is 0 Å². The SMILES string of the molecule is CCCCCCCCCCCSCCC(=O)O. The van der Waals surface area contributed by atoms with Gasteiger partial charge in [0.2, 0.25) is 0 Å². The van der Waals surface area contributed by atoms with Crippen molar-refractivity contribution in [1.82, 2.24) is 0 Å². The van der Waals surface area contributed by atoms with Crippen molar-refractivity contribution in [3.63, 3.8) is 0 Å². The molecule has 3 heteroatoms. The van der Waals surface area contributed by atoms with Gasteiger partial charge in [-0.25, -0.2) is 0 Å². The molecular formula is C14H28O2S. The fraction of sp³-hybridized carbons (Fsp3) is 0.929. The lowest BCUT2D eigenvalue weighted by Gasteiger charge is -2.02. The summed E-state index contributed by atoms with van der Waals surface area (Å²) in [5, 5.41) is 8.46. The van der Waals surface area contributed by atoms with Crippen LogP contribution in [-0.4, -0.2) is 22.6 Å². The van der Waals surface area contributed by atoms with Crippen molar-refractivity contribution in [2.75, 3.05) is 11.5 Å². The van der Waals surface area contributed by atoms with E-state index in [1.807, 2.05) is 0 Å². The number of aliphatic carboxylic acids is 1. The first-order valence-corrected chi connectivity index (χ1v) is 8.22. The Morgan fingerprint density at radius 1 is 0.882 bits per heavy atom. The molecule has 1 N–H and O–H groups in total. The van der Waals surface area contributed by atoms with Gasteiger partial charge >= 0.3 is 5.97 Å². The summed E-state index contributed by atoms with van der Waals surface area (Å²) in [7, 11) is 0. The molecule has 0 atom stereocenters. The van der Waals surface area contributed by atoms with Gasteiger partial charge in [0.1, 0.15) is 0 Å². The highest BCUT2D eigenvalue weighted by atomic mass is 32.2. The first-order chi connectivity index (χ1) is 8.27. The number of carbonyl (C=O) groups is 1. The van der Waals surface area contributed by atoms with Crippen molar-refractivity contribution < 1.29 is 9.90 Å². The zero-order valence-electron chi connectivity index (χ0n) is 11.2. The summed E-state index contributed by atoms with van der Waals surface area (Å²) < 4.78 is 0. The monoisotopic (exact) mass is 260 g/mol. The molecule has 102 valence electrons. The molecule has 0 saturated carbocycles. The van der Waals surface area contributed by atoms with E-state index in [1.54, 1.807) is 11.8 Å². The van der Waals surface area contributed by atoms with Crippen molar-refractivity contribution in [3.05, 3.63) is 0 Å². The van der Waals surface area contributed by atoms with Crippen molar-refractivity contribution in [1.29, 1.82) is 0 Å². The molecule has 0 aromatic carbocycles. The van der Waals surface area contributed by atoms with Crippen LogP contribution in [-0.2, 0) is 4.79 Å². The van der Waals surface area contributed by atoms with E-state index >= 15 is 0 Å². The smallest absolute Gasteiger partial charge is 0.304 e. The van der Waals surface area contributed by atoms with Crippen LogP contribution in [0.15, 0.2) is 0 Å². The maximum Gasteiger partial charge on any atom is 0.304 e. The molecule has 0 unspecified atom stereocenters. The molecule has 0 rings (SSSR count). The third-order valence-electron chi connectivity index (χ3n) is 2.85. The molecule has 0 amide bonds. The van der Waals surface area contributed by atoms with Crippen LogP contribution in [0.4, 0.5) is 0 Å². The maximum absolute atomic E-state index is 10.3. The van der Waals surface area contributed by atoms with Gasteiger partial charge in [-0.3, -0.25) is 4.79 Å². The predicted molar refractivity (Wildman–Crippen MR) is 76.8 cm³/mol. The van der Waals surface area contributed by atoms with Gasteiger partial charge in [-0.15, -0.1) is 0 Å². The lowest BCUT2D eigenvalue weighted by atomic mass is 10.1. The highest BCUT2D eigenvalue weighted by Gasteiger charge is 1.96. The third kappa shape index (κ3) is 15.8. The first kappa shape index (κ1) is 16.8. The zero-order valence-corrected chi connectivity index (χ0v) is 12.1. The van der Waals surface area contributed by atoms with Crippen LogP contribution in [0.3, 0.4) is 0 Å². The third-order valence-corrected chi connectivity index (χ3v) is 3.92.